The van der Waals surface area contributed by atoms with Gasteiger partial charge in [-0.15, -0.1) is 0 Å². The van der Waals surface area contributed by atoms with Crippen LogP contribution in [0.1, 0.15) is 40.5 Å². The maximum atomic E-state index is 6.13. The van der Waals surface area contributed by atoms with Gasteiger partial charge in [0, 0.05) is 18.1 Å². The minimum Gasteiger partial charge on any atom is -0.403 e. The van der Waals surface area contributed by atoms with Gasteiger partial charge < -0.3 is 19.8 Å². The van der Waals surface area contributed by atoms with Gasteiger partial charge in [-0.05, 0) is 40.5 Å². The number of nitrogens with two attached hydrogens (primary N) is 1. The SMILES string of the molecule is CC1(C)OB(C2C(N)=CN=CC2OC2CC2)OC1(C)C. The van der Waals surface area contributed by atoms with Gasteiger partial charge in [0.2, 0.25) is 0 Å². The summed E-state index contributed by atoms with van der Waals surface area (Å²) in [6, 6.07) is 0. The van der Waals surface area contributed by atoms with Crippen molar-refractivity contribution >= 4 is 13.3 Å². The van der Waals surface area contributed by atoms with Gasteiger partial charge in [0.1, 0.15) is 0 Å². The van der Waals surface area contributed by atoms with Gasteiger partial charge in [-0.1, -0.05) is 0 Å². The Morgan fingerprint density at radius 3 is 2.40 bits per heavy atom. The lowest BCUT2D eigenvalue weighted by Gasteiger charge is -2.32. The number of nitrogens with zero attached hydrogens (tertiary/aromatic N) is 1. The average molecular weight is 278 g/mol. The molecule has 2 atom stereocenters. The summed E-state index contributed by atoms with van der Waals surface area (Å²) in [6.45, 7) is 8.17. The van der Waals surface area contributed by atoms with E-state index < -0.39 is 7.12 Å². The Hall–Kier alpha value is -0.845. The Morgan fingerprint density at radius 2 is 1.85 bits per heavy atom. The van der Waals surface area contributed by atoms with E-state index in [1.54, 1.807) is 6.20 Å². The molecular formula is C14H23BN2O3. The quantitative estimate of drug-likeness (QED) is 0.800. The number of aliphatic imine (C=N–C) groups is 1. The van der Waals surface area contributed by atoms with E-state index in [9.17, 15) is 0 Å². The fraction of sp³-hybridized carbons (Fsp3) is 0.786. The first-order chi connectivity index (χ1) is 9.30. The van der Waals surface area contributed by atoms with Crippen LogP contribution in [0.2, 0.25) is 5.82 Å². The summed E-state index contributed by atoms with van der Waals surface area (Å²) in [5, 5.41) is 0. The molecular weight excluding hydrogens is 255 g/mol. The van der Waals surface area contributed by atoms with E-state index in [-0.39, 0.29) is 23.1 Å². The van der Waals surface area contributed by atoms with E-state index in [1.165, 1.54) is 0 Å². The molecule has 2 aliphatic heterocycles. The summed E-state index contributed by atoms with van der Waals surface area (Å²) in [7, 11) is -0.397. The molecule has 3 rings (SSSR count). The van der Waals surface area contributed by atoms with Crippen LogP contribution in [-0.2, 0) is 14.0 Å². The molecule has 0 aromatic heterocycles. The number of rotatable bonds is 3. The van der Waals surface area contributed by atoms with Crippen LogP contribution in [0, 0.1) is 0 Å². The minimum atomic E-state index is -0.397. The summed E-state index contributed by atoms with van der Waals surface area (Å²) in [5.41, 5.74) is 6.06. The molecule has 0 radical (unpaired) electrons. The van der Waals surface area contributed by atoms with Crippen LogP contribution in [0.5, 0.6) is 0 Å². The summed E-state index contributed by atoms with van der Waals surface area (Å²) in [5.74, 6) is -0.130. The molecule has 1 aliphatic carbocycles. The molecule has 5 nitrogen and oxygen atoms in total. The van der Waals surface area contributed by atoms with Crippen LogP contribution >= 0.6 is 0 Å². The summed E-state index contributed by atoms with van der Waals surface area (Å²) in [4.78, 5) is 4.17. The van der Waals surface area contributed by atoms with Crippen molar-refractivity contribution in [3.63, 3.8) is 0 Å². The predicted molar refractivity (Wildman–Crippen MR) is 78.5 cm³/mol. The highest BCUT2D eigenvalue weighted by Crippen LogP contribution is 2.43. The Balaban J connectivity index is 1.80. The number of hydrogen-bond donors (Lipinski definition) is 1. The standard InChI is InChI=1S/C14H23BN2O3/c1-13(2)14(3,4)20-15(19-13)12-10(16)7-17-8-11(12)18-9-5-6-9/h7-9,11-12H,5-6,16H2,1-4H3. The molecule has 6 heteroatoms. The smallest absolute Gasteiger partial charge is 0.403 e. The summed E-state index contributed by atoms with van der Waals surface area (Å²) < 4.78 is 18.2. The highest BCUT2D eigenvalue weighted by molar-refractivity contribution is 6.49. The molecule has 0 aromatic carbocycles. The van der Waals surface area contributed by atoms with Crippen molar-refractivity contribution in [2.45, 2.75) is 69.8 Å². The molecule has 0 aromatic rings. The minimum absolute atomic E-state index is 0.130. The van der Waals surface area contributed by atoms with Crippen LogP contribution < -0.4 is 5.73 Å². The molecule has 2 fully saturated rings. The first kappa shape index (κ1) is 14.1. The highest BCUT2D eigenvalue weighted by atomic mass is 16.7. The van der Waals surface area contributed by atoms with Crippen molar-refractivity contribution in [1.82, 2.24) is 0 Å². The third kappa shape index (κ3) is 2.40. The fourth-order valence-electron chi connectivity index (χ4n) is 2.48. The van der Waals surface area contributed by atoms with Crippen LogP contribution in [0.15, 0.2) is 16.9 Å². The maximum Gasteiger partial charge on any atom is 0.470 e. The van der Waals surface area contributed by atoms with Gasteiger partial charge in [0.25, 0.3) is 0 Å². The predicted octanol–water partition coefficient (Wildman–Crippen LogP) is 1.88. The maximum absolute atomic E-state index is 6.13. The normalized spacial score (nSPS) is 35.2. The van der Waals surface area contributed by atoms with E-state index in [0.29, 0.717) is 11.8 Å². The summed E-state index contributed by atoms with van der Waals surface area (Å²) >= 11 is 0. The lowest BCUT2D eigenvalue weighted by Crippen LogP contribution is -2.41. The second kappa shape index (κ2) is 4.58. The Morgan fingerprint density at radius 1 is 1.25 bits per heavy atom. The Kier molecular flexibility index (Phi) is 3.23. The van der Waals surface area contributed by atoms with Crippen LogP contribution in [-0.4, -0.2) is 36.7 Å². The molecule has 2 N–H and O–H groups in total. The van der Waals surface area contributed by atoms with Crippen molar-refractivity contribution in [3.05, 3.63) is 11.9 Å². The number of ether oxygens (including phenoxy) is 1. The van der Waals surface area contributed by atoms with Gasteiger partial charge in [-0.2, -0.15) is 0 Å². The molecule has 1 saturated carbocycles. The largest absolute Gasteiger partial charge is 0.470 e. The lowest BCUT2D eigenvalue weighted by atomic mass is 9.66. The molecule has 0 bridgehead atoms. The van der Waals surface area contributed by atoms with Gasteiger partial charge in [0.05, 0.1) is 29.2 Å². The molecule has 3 aliphatic rings. The Labute approximate surface area is 120 Å². The Bertz CT molecular complexity index is 441. The third-order valence-corrected chi connectivity index (χ3v) is 4.63. The van der Waals surface area contributed by atoms with Gasteiger partial charge in [0.15, 0.2) is 0 Å². The van der Waals surface area contributed by atoms with Gasteiger partial charge in [-0.25, -0.2) is 0 Å². The molecule has 1 saturated heterocycles. The van der Waals surface area contributed by atoms with E-state index in [0.717, 1.165) is 12.8 Å². The van der Waals surface area contributed by atoms with Crippen molar-refractivity contribution in [2.75, 3.05) is 0 Å². The monoisotopic (exact) mass is 278 g/mol. The molecule has 20 heavy (non-hydrogen) atoms. The van der Waals surface area contributed by atoms with Crippen LogP contribution in [0.25, 0.3) is 0 Å². The molecule has 0 amide bonds. The van der Waals surface area contributed by atoms with E-state index in [2.05, 4.69) is 4.99 Å². The van der Waals surface area contributed by atoms with Gasteiger partial charge >= 0.3 is 7.12 Å². The molecule has 2 heterocycles. The van der Waals surface area contributed by atoms with E-state index >= 15 is 0 Å². The van der Waals surface area contributed by atoms with Crippen molar-refractivity contribution in [1.29, 1.82) is 0 Å². The highest BCUT2D eigenvalue weighted by Gasteiger charge is 2.56. The molecule has 2 unspecified atom stereocenters. The molecule has 110 valence electrons. The van der Waals surface area contributed by atoms with Crippen molar-refractivity contribution in [2.24, 2.45) is 10.7 Å². The first-order valence-corrected chi connectivity index (χ1v) is 7.30. The number of hydrogen-bond acceptors (Lipinski definition) is 5. The van der Waals surface area contributed by atoms with Crippen LogP contribution in [0.4, 0.5) is 0 Å². The lowest BCUT2D eigenvalue weighted by molar-refractivity contribution is 0.00578. The first-order valence-electron chi connectivity index (χ1n) is 7.30. The van der Waals surface area contributed by atoms with Crippen LogP contribution in [0.3, 0.4) is 0 Å². The average Bonchev–Trinajstić information content (AvgIpc) is 3.07. The summed E-state index contributed by atoms with van der Waals surface area (Å²) in [6.07, 6.45) is 5.88. The fourth-order valence-corrected chi connectivity index (χ4v) is 2.48. The van der Waals surface area contributed by atoms with E-state index in [4.69, 9.17) is 19.8 Å². The molecule has 0 spiro atoms. The second-order valence-corrected chi connectivity index (χ2v) is 6.88. The zero-order valence-electron chi connectivity index (χ0n) is 12.6. The van der Waals surface area contributed by atoms with Gasteiger partial charge in [-0.3, -0.25) is 4.99 Å². The topological polar surface area (TPSA) is 66.1 Å². The second-order valence-electron chi connectivity index (χ2n) is 6.88. The zero-order chi connectivity index (χ0) is 14.5. The van der Waals surface area contributed by atoms with Crippen molar-refractivity contribution < 1.29 is 14.0 Å². The third-order valence-electron chi connectivity index (χ3n) is 4.63. The zero-order valence-corrected chi connectivity index (χ0v) is 12.6. The van der Waals surface area contributed by atoms with Crippen molar-refractivity contribution in [3.8, 4) is 0 Å². The van der Waals surface area contributed by atoms with E-state index in [1.807, 2.05) is 33.9 Å².